The minimum atomic E-state index is -0.406. The summed E-state index contributed by atoms with van der Waals surface area (Å²) in [5, 5.41) is 10.8. The van der Waals surface area contributed by atoms with E-state index in [0.717, 1.165) is 22.5 Å². The highest BCUT2D eigenvalue weighted by atomic mass is 16.6. The number of aryl methyl sites for hydroxylation is 2. The predicted octanol–water partition coefficient (Wildman–Crippen LogP) is 3.75. The minimum absolute atomic E-state index is 0.0633. The molecular formula is C15H13N3O2. The van der Waals surface area contributed by atoms with Gasteiger partial charge in [0.1, 0.15) is 5.82 Å². The second-order valence-electron chi connectivity index (χ2n) is 4.86. The predicted molar refractivity (Wildman–Crippen MR) is 77.7 cm³/mol. The van der Waals surface area contributed by atoms with E-state index in [9.17, 15) is 10.1 Å². The molecule has 0 fully saturated rings. The largest absolute Gasteiger partial charge is 0.338 e. The molecule has 0 amide bonds. The van der Waals surface area contributed by atoms with E-state index in [0.29, 0.717) is 5.52 Å². The second-order valence-corrected chi connectivity index (χ2v) is 4.86. The number of hydrogen-bond donors (Lipinski definition) is 1. The lowest BCUT2D eigenvalue weighted by Gasteiger charge is -2.03. The SMILES string of the molecule is Cc1ccc(-c2nc3ccc([N+](=O)[O-])cc3[nH]2)c(C)c1. The fourth-order valence-corrected chi connectivity index (χ4v) is 2.32. The van der Waals surface area contributed by atoms with Crippen LogP contribution in [0.1, 0.15) is 11.1 Å². The van der Waals surface area contributed by atoms with Gasteiger partial charge < -0.3 is 4.98 Å². The zero-order chi connectivity index (χ0) is 14.3. The van der Waals surface area contributed by atoms with Crippen molar-refractivity contribution in [3.8, 4) is 11.4 Å². The number of nitro groups is 1. The zero-order valence-corrected chi connectivity index (χ0v) is 11.2. The molecular weight excluding hydrogens is 254 g/mol. The molecule has 0 spiro atoms. The molecule has 0 saturated heterocycles. The van der Waals surface area contributed by atoms with Gasteiger partial charge in [-0.25, -0.2) is 4.98 Å². The van der Waals surface area contributed by atoms with Gasteiger partial charge in [-0.1, -0.05) is 23.8 Å². The number of nitrogens with zero attached hydrogens (tertiary/aromatic N) is 2. The third kappa shape index (κ3) is 2.03. The van der Waals surface area contributed by atoms with Crippen LogP contribution in [-0.2, 0) is 0 Å². The molecule has 20 heavy (non-hydrogen) atoms. The van der Waals surface area contributed by atoms with Crippen molar-refractivity contribution in [1.29, 1.82) is 0 Å². The number of aromatic nitrogens is 2. The van der Waals surface area contributed by atoms with Gasteiger partial charge in [-0.2, -0.15) is 0 Å². The lowest BCUT2D eigenvalue weighted by Crippen LogP contribution is -1.86. The second kappa shape index (κ2) is 4.45. The van der Waals surface area contributed by atoms with E-state index in [-0.39, 0.29) is 5.69 Å². The van der Waals surface area contributed by atoms with E-state index in [1.807, 2.05) is 26.0 Å². The van der Waals surface area contributed by atoms with Crippen molar-refractivity contribution in [2.45, 2.75) is 13.8 Å². The van der Waals surface area contributed by atoms with E-state index in [4.69, 9.17) is 0 Å². The quantitative estimate of drug-likeness (QED) is 0.567. The number of fused-ring (bicyclic) bond motifs is 1. The molecule has 0 saturated carbocycles. The van der Waals surface area contributed by atoms with Crippen LogP contribution >= 0.6 is 0 Å². The third-order valence-electron chi connectivity index (χ3n) is 3.31. The number of rotatable bonds is 2. The lowest BCUT2D eigenvalue weighted by molar-refractivity contribution is -0.384. The Morgan fingerprint density at radius 2 is 1.95 bits per heavy atom. The summed E-state index contributed by atoms with van der Waals surface area (Å²) in [4.78, 5) is 18.0. The lowest BCUT2D eigenvalue weighted by atomic mass is 10.1. The maximum atomic E-state index is 10.8. The molecule has 0 bridgehead atoms. The Bertz CT molecular complexity index is 821. The molecule has 0 aliphatic rings. The standard InChI is InChI=1S/C15H13N3O2/c1-9-3-5-12(10(2)7-9)15-16-13-6-4-11(18(19)20)8-14(13)17-15/h3-8H,1-2H3,(H,16,17). The van der Waals surface area contributed by atoms with Gasteiger partial charge in [0.05, 0.1) is 16.0 Å². The van der Waals surface area contributed by atoms with Crippen molar-refractivity contribution in [3.05, 3.63) is 57.6 Å². The van der Waals surface area contributed by atoms with E-state index >= 15 is 0 Å². The number of benzene rings is 2. The highest BCUT2D eigenvalue weighted by Crippen LogP contribution is 2.26. The molecule has 3 rings (SSSR count). The molecule has 3 aromatic rings. The summed E-state index contributed by atoms with van der Waals surface area (Å²) in [5.41, 5.74) is 4.79. The summed E-state index contributed by atoms with van der Waals surface area (Å²) in [6.07, 6.45) is 0. The van der Waals surface area contributed by atoms with Crippen LogP contribution in [0.4, 0.5) is 5.69 Å². The van der Waals surface area contributed by atoms with Gasteiger partial charge in [0.2, 0.25) is 0 Å². The smallest absolute Gasteiger partial charge is 0.271 e. The average Bonchev–Trinajstić information content (AvgIpc) is 2.80. The van der Waals surface area contributed by atoms with Crippen LogP contribution < -0.4 is 0 Å². The summed E-state index contributed by atoms with van der Waals surface area (Å²) in [6, 6.07) is 10.8. The molecule has 2 aromatic carbocycles. The van der Waals surface area contributed by atoms with Crippen molar-refractivity contribution in [3.63, 3.8) is 0 Å². The monoisotopic (exact) mass is 267 g/mol. The van der Waals surface area contributed by atoms with Crippen molar-refractivity contribution < 1.29 is 4.92 Å². The molecule has 1 aromatic heterocycles. The van der Waals surface area contributed by atoms with Gasteiger partial charge in [-0.15, -0.1) is 0 Å². The van der Waals surface area contributed by atoms with E-state index in [1.165, 1.54) is 17.7 Å². The molecule has 0 atom stereocenters. The number of non-ortho nitro benzene ring substituents is 1. The molecule has 5 nitrogen and oxygen atoms in total. The summed E-state index contributed by atoms with van der Waals surface area (Å²) in [7, 11) is 0. The first-order valence-corrected chi connectivity index (χ1v) is 6.26. The van der Waals surface area contributed by atoms with Crippen LogP contribution in [0.3, 0.4) is 0 Å². The van der Waals surface area contributed by atoms with E-state index in [2.05, 4.69) is 16.0 Å². The van der Waals surface area contributed by atoms with Crippen molar-refractivity contribution in [2.75, 3.05) is 0 Å². The number of imidazole rings is 1. The molecule has 0 unspecified atom stereocenters. The Morgan fingerprint density at radius 1 is 1.15 bits per heavy atom. The van der Waals surface area contributed by atoms with Crippen molar-refractivity contribution in [1.82, 2.24) is 9.97 Å². The summed E-state index contributed by atoms with van der Waals surface area (Å²) in [6.45, 7) is 4.07. The molecule has 100 valence electrons. The van der Waals surface area contributed by atoms with E-state index < -0.39 is 4.92 Å². The number of H-pyrrole nitrogens is 1. The van der Waals surface area contributed by atoms with Crippen LogP contribution in [0, 0.1) is 24.0 Å². The Hall–Kier alpha value is -2.69. The van der Waals surface area contributed by atoms with Gasteiger partial charge in [0.25, 0.3) is 5.69 Å². The number of nitro benzene ring substituents is 1. The first-order valence-electron chi connectivity index (χ1n) is 6.26. The van der Waals surface area contributed by atoms with Crippen molar-refractivity contribution in [2.24, 2.45) is 0 Å². The highest BCUT2D eigenvalue weighted by Gasteiger charge is 2.11. The Kier molecular flexibility index (Phi) is 2.75. The molecule has 5 heteroatoms. The fourth-order valence-electron chi connectivity index (χ4n) is 2.32. The number of nitrogens with one attached hydrogen (secondary N) is 1. The van der Waals surface area contributed by atoms with E-state index in [1.54, 1.807) is 6.07 Å². The van der Waals surface area contributed by atoms with Crippen LogP contribution in [0.5, 0.6) is 0 Å². The fraction of sp³-hybridized carbons (Fsp3) is 0.133. The average molecular weight is 267 g/mol. The maximum Gasteiger partial charge on any atom is 0.271 e. The molecule has 0 radical (unpaired) electrons. The number of hydrogen-bond acceptors (Lipinski definition) is 3. The normalized spacial score (nSPS) is 10.9. The topological polar surface area (TPSA) is 71.8 Å². The number of aromatic amines is 1. The Balaban J connectivity index is 2.15. The third-order valence-corrected chi connectivity index (χ3v) is 3.31. The Labute approximate surface area is 115 Å². The summed E-state index contributed by atoms with van der Waals surface area (Å²) < 4.78 is 0. The molecule has 1 N–H and O–H groups in total. The van der Waals surface area contributed by atoms with Crippen LogP contribution in [0.25, 0.3) is 22.4 Å². The first-order chi connectivity index (χ1) is 9.54. The first kappa shape index (κ1) is 12.3. The minimum Gasteiger partial charge on any atom is -0.338 e. The summed E-state index contributed by atoms with van der Waals surface area (Å²) >= 11 is 0. The van der Waals surface area contributed by atoms with Crippen LogP contribution in [0.2, 0.25) is 0 Å². The van der Waals surface area contributed by atoms with Gasteiger partial charge in [0, 0.05) is 17.7 Å². The Morgan fingerprint density at radius 3 is 2.65 bits per heavy atom. The van der Waals surface area contributed by atoms with Crippen LogP contribution in [-0.4, -0.2) is 14.9 Å². The highest BCUT2D eigenvalue weighted by molar-refractivity contribution is 5.82. The zero-order valence-electron chi connectivity index (χ0n) is 11.2. The summed E-state index contributed by atoms with van der Waals surface area (Å²) in [5.74, 6) is 0.734. The maximum absolute atomic E-state index is 10.8. The molecule has 0 aliphatic carbocycles. The van der Waals surface area contributed by atoms with Crippen LogP contribution in [0.15, 0.2) is 36.4 Å². The molecule has 0 aliphatic heterocycles. The van der Waals surface area contributed by atoms with Gasteiger partial charge in [-0.3, -0.25) is 10.1 Å². The molecule has 1 heterocycles. The van der Waals surface area contributed by atoms with Gasteiger partial charge in [-0.05, 0) is 25.5 Å². The van der Waals surface area contributed by atoms with Gasteiger partial charge in [0.15, 0.2) is 0 Å². The van der Waals surface area contributed by atoms with Crippen molar-refractivity contribution >= 4 is 16.7 Å². The van der Waals surface area contributed by atoms with Gasteiger partial charge >= 0.3 is 0 Å².